The highest BCUT2D eigenvalue weighted by Crippen LogP contribution is 2.35. The number of hydrogen-bond acceptors (Lipinski definition) is 5. The molecule has 0 spiro atoms. The van der Waals surface area contributed by atoms with E-state index in [0.717, 1.165) is 48.5 Å². The molecule has 0 fully saturated rings. The van der Waals surface area contributed by atoms with Crippen molar-refractivity contribution in [1.82, 2.24) is 0 Å². The van der Waals surface area contributed by atoms with Crippen molar-refractivity contribution in [3.05, 3.63) is 107 Å². The van der Waals surface area contributed by atoms with Gasteiger partial charge in [-0.3, -0.25) is 0 Å². The van der Waals surface area contributed by atoms with E-state index >= 15 is 0 Å². The molecule has 5 nitrogen and oxygen atoms in total. The molecule has 0 radical (unpaired) electrons. The van der Waals surface area contributed by atoms with Gasteiger partial charge < -0.3 is 23.7 Å². The zero-order chi connectivity index (χ0) is 26.0. The molecular formula is C32H34O5. The lowest BCUT2D eigenvalue weighted by molar-refractivity contribution is 0.375. The number of benzene rings is 4. The summed E-state index contributed by atoms with van der Waals surface area (Å²) < 4.78 is 28.0. The van der Waals surface area contributed by atoms with Crippen molar-refractivity contribution in [3.8, 4) is 34.5 Å². The van der Waals surface area contributed by atoms with Crippen LogP contribution in [0.3, 0.4) is 0 Å². The number of aryl methyl sites for hydroxylation is 4. The zero-order valence-corrected chi connectivity index (χ0v) is 22.0. The minimum atomic E-state index is 0.671. The van der Waals surface area contributed by atoms with Gasteiger partial charge in [-0.05, 0) is 96.5 Å². The quantitative estimate of drug-likeness (QED) is 0.209. The molecule has 0 aliphatic rings. The van der Waals surface area contributed by atoms with Gasteiger partial charge in [0.25, 0.3) is 0 Å². The predicted molar refractivity (Wildman–Crippen MR) is 147 cm³/mol. The van der Waals surface area contributed by atoms with Crippen LogP contribution < -0.4 is 23.7 Å². The topological polar surface area (TPSA) is 46.2 Å². The monoisotopic (exact) mass is 498 g/mol. The first-order chi connectivity index (χ1) is 18.1. The van der Waals surface area contributed by atoms with Crippen molar-refractivity contribution < 1.29 is 23.7 Å². The number of methoxy groups -OCH3 is 4. The number of ether oxygens (including phenoxy) is 5. The Morgan fingerprint density at radius 1 is 0.378 bits per heavy atom. The third-order valence-corrected chi connectivity index (χ3v) is 6.35. The Bertz CT molecular complexity index is 1280. The van der Waals surface area contributed by atoms with Crippen LogP contribution in [0.2, 0.25) is 0 Å². The second-order valence-corrected chi connectivity index (χ2v) is 8.80. The van der Waals surface area contributed by atoms with E-state index in [1.807, 2.05) is 42.5 Å². The highest BCUT2D eigenvalue weighted by molar-refractivity contribution is 5.48. The highest BCUT2D eigenvalue weighted by atomic mass is 16.5. The summed E-state index contributed by atoms with van der Waals surface area (Å²) in [5.74, 6) is 4.58. The molecule has 0 aliphatic heterocycles. The molecule has 4 rings (SSSR count). The number of rotatable bonds is 12. The number of hydrogen-bond donors (Lipinski definition) is 0. The molecule has 0 unspecified atom stereocenters. The summed E-state index contributed by atoms with van der Waals surface area (Å²) in [7, 11) is 6.70. The van der Waals surface area contributed by atoms with Crippen LogP contribution in [0, 0.1) is 0 Å². The second kappa shape index (κ2) is 12.7. The maximum atomic E-state index is 6.27. The average molecular weight is 499 g/mol. The molecule has 4 aromatic rings. The maximum absolute atomic E-state index is 6.27. The van der Waals surface area contributed by atoms with Gasteiger partial charge in [-0.25, -0.2) is 0 Å². The molecule has 0 aliphatic carbocycles. The Hall–Kier alpha value is -4.12. The van der Waals surface area contributed by atoms with Gasteiger partial charge >= 0.3 is 0 Å². The molecule has 5 heteroatoms. The summed E-state index contributed by atoms with van der Waals surface area (Å²) in [6.07, 6.45) is 3.60. The zero-order valence-electron chi connectivity index (χ0n) is 22.0. The Labute approximate surface area is 219 Å². The Kier molecular flexibility index (Phi) is 8.93. The largest absolute Gasteiger partial charge is 0.497 e. The van der Waals surface area contributed by atoms with Gasteiger partial charge in [-0.15, -0.1) is 0 Å². The van der Waals surface area contributed by atoms with E-state index in [1.54, 1.807) is 28.4 Å². The van der Waals surface area contributed by atoms with Crippen molar-refractivity contribution in [1.29, 1.82) is 0 Å². The van der Waals surface area contributed by atoms with Gasteiger partial charge in [-0.2, -0.15) is 0 Å². The van der Waals surface area contributed by atoms with E-state index < -0.39 is 0 Å². The van der Waals surface area contributed by atoms with Crippen LogP contribution in [0.4, 0.5) is 0 Å². The summed E-state index contributed by atoms with van der Waals surface area (Å²) in [5, 5.41) is 0. The third kappa shape index (κ3) is 7.20. The molecule has 0 saturated carbocycles. The molecule has 0 bridgehead atoms. The highest BCUT2D eigenvalue weighted by Gasteiger charge is 2.10. The fraction of sp³-hybridized carbons (Fsp3) is 0.250. The van der Waals surface area contributed by atoms with E-state index in [-0.39, 0.29) is 0 Å². The van der Waals surface area contributed by atoms with E-state index in [2.05, 4.69) is 42.5 Å². The van der Waals surface area contributed by atoms with Crippen molar-refractivity contribution >= 4 is 0 Å². The molecule has 192 valence electrons. The van der Waals surface area contributed by atoms with Crippen molar-refractivity contribution in [2.45, 2.75) is 25.7 Å². The first-order valence-electron chi connectivity index (χ1n) is 12.4. The molecule has 0 heterocycles. The lowest BCUT2D eigenvalue weighted by Gasteiger charge is -2.14. The Balaban J connectivity index is 1.44. The molecule has 0 saturated heterocycles. The first-order valence-corrected chi connectivity index (χ1v) is 12.4. The minimum absolute atomic E-state index is 0.671. The van der Waals surface area contributed by atoms with Gasteiger partial charge in [0, 0.05) is 6.07 Å². The molecule has 0 N–H and O–H groups in total. The molecule has 0 amide bonds. The van der Waals surface area contributed by atoms with Crippen LogP contribution >= 0.6 is 0 Å². The van der Waals surface area contributed by atoms with Crippen molar-refractivity contribution in [2.75, 3.05) is 28.4 Å². The van der Waals surface area contributed by atoms with E-state index in [4.69, 9.17) is 23.7 Å². The molecular weight excluding hydrogens is 464 g/mol. The third-order valence-electron chi connectivity index (χ3n) is 6.35. The van der Waals surface area contributed by atoms with Crippen LogP contribution in [0.5, 0.6) is 34.5 Å². The van der Waals surface area contributed by atoms with Crippen LogP contribution in [0.15, 0.2) is 84.9 Å². The summed E-state index contributed by atoms with van der Waals surface area (Å²) in [6, 6.07) is 28.5. The first kappa shape index (κ1) is 26.0. The standard InChI is InChI=1S/C32H34O5/c1-33-27-14-9-23(10-15-27)5-7-25-13-18-31(32(21-25)36-4)37-30-20-26(19-29(22-30)35-3)8-6-24-11-16-28(34-2)17-12-24/h9-22H,5-8H2,1-4H3. The predicted octanol–water partition coefficient (Wildman–Crippen LogP) is 7.08. The molecule has 4 aromatic carbocycles. The SMILES string of the molecule is COc1ccc(CCc2cc(OC)cc(Oc3ccc(CCc4ccc(OC)cc4)cc3OC)c2)cc1. The van der Waals surface area contributed by atoms with Crippen LogP contribution in [-0.4, -0.2) is 28.4 Å². The summed E-state index contributed by atoms with van der Waals surface area (Å²) in [4.78, 5) is 0. The smallest absolute Gasteiger partial charge is 0.169 e. The summed E-state index contributed by atoms with van der Waals surface area (Å²) >= 11 is 0. The van der Waals surface area contributed by atoms with Gasteiger partial charge in [0.2, 0.25) is 0 Å². The van der Waals surface area contributed by atoms with Crippen molar-refractivity contribution in [2.24, 2.45) is 0 Å². The molecule has 0 atom stereocenters. The summed E-state index contributed by atoms with van der Waals surface area (Å²) in [6.45, 7) is 0. The van der Waals surface area contributed by atoms with Crippen LogP contribution in [0.25, 0.3) is 0 Å². The molecule has 0 aromatic heterocycles. The minimum Gasteiger partial charge on any atom is -0.497 e. The Morgan fingerprint density at radius 3 is 1.41 bits per heavy atom. The second-order valence-electron chi connectivity index (χ2n) is 8.80. The van der Waals surface area contributed by atoms with Gasteiger partial charge in [0.05, 0.1) is 28.4 Å². The fourth-order valence-corrected chi connectivity index (χ4v) is 4.19. The van der Waals surface area contributed by atoms with Gasteiger partial charge in [0.15, 0.2) is 11.5 Å². The molecule has 37 heavy (non-hydrogen) atoms. The van der Waals surface area contributed by atoms with Crippen LogP contribution in [-0.2, 0) is 25.7 Å². The normalized spacial score (nSPS) is 10.6. The fourth-order valence-electron chi connectivity index (χ4n) is 4.19. The van der Waals surface area contributed by atoms with Gasteiger partial charge in [0.1, 0.15) is 23.0 Å². The van der Waals surface area contributed by atoms with Crippen LogP contribution in [0.1, 0.15) is 22.3 Å². The average Bonchev–Trinajstić information content (AvgIpc) is 2.95. The summed E-state index contributed by atoms with van der Waals surface area (Å²) in [5.41, 5.74) is 4.84. The Morgan fingerprint density at radius 2 is 0.865 bits per heavy atom. The van der Waals surface area contributed by atoms with E-state index in [9.17, 15) is 0 Å². The lowest BCUT2D eigenvalue weighted by atomic mass is 10.0. The van der Waals surface area contributed by atoms with E-state index in [0.29, 0.717) is 17.2 Å². The maximum Gasteiger partial charge on any atom is 0.169 e. The van der Waals surface area contributed by atoms with E-state index in [1.165, 1.54) is 16.7 Å². The lowest BCUT2D eigenvalue weighted by Crippen LogP contribution is -1.97. The van der Waals surface area contributed by atoms with Gasteiger partial charge in [-0.1, -0.05) is 30.3 Å². The van der Waals surface area contributed by atoms with Crippen molar-refractivity contribution in [3.63, 3.8) is 0 Å².